The van der Waals surface area contributed by atoms with E-state index >= 15 is 0 Å². The van der Waals surface area contributed by atoms with E-state index in [-0.39, 0.29) is 29.4 Å². The SMILES string of the molecule is C=C=C[C@@H]1C(C(C#N)(C#N)C/C=C/c2ccccc2)=C[C@H]2CCC1C2.[C-]#[N+]/C(C#N)=C1\[C@H]([C@@H](C=C)c2ccccc2)[C@H]2CCC(C2)[C@@H]1C=C=C. The monoisotopic (exact) mass is 652 g/mol. The summed E-state index contributed by atoms with van der Waals surface area (Å²) in [4.78, 5) is 3.59. The summed E-state index contributed by atoms with van der Waals surface area (Å²) in [5.74, 6) is 2.49. The van der Waals surface area contributed by atoms with Crippen LogP contribution in [0.5, 0.6) is 0 Å². The number of allylic oxidation sites excluding steroid dienone is 8. The summed E-state index contributed by atoms with van der Waals surface area (Å²) in [6.07, 6.45) is 19.4. The molecule has 4 heteroatoms. The van der Waals surface area contributed by atoms with Crippen molar-refractivity contribution in [3.8, 4) is 18.2 Å². The third-order valence-corrected chi connectivity index (χ3v) is 11.4. The third-order valence-electron chi connectivity index (χ3n) is 11.4. The summed E-state index contributed by atoms with van der Waals surface area (Å²) < 4.78 is 0. The molecule has 0 heterocycles. The molecule has 8 atom stereocenters. The van der Waals surface area contributed by atoms with Gasteiger partial charge in [0.05, 0.1) is 24.8 Å². The van der Waals surface area contributed by atoms with Gasteiger partial charge in [-0.1, -0.05) is 98.1 Å². The van der Waals surface area contributed by atoms with E-state index in [0.29, 0.717) is 30.1 Å². The van der Waals surface area contributed by atoms with E-state index in [1.165, 1.54) is 5.56 Å². The lowest BCUT2D eigenvalue weighted by molar-refractivity contribution is 0.263. The molecule has 3 fully saturated rings. The average Bonchev–Trinajstić information content (AvgIpc) is 3.77. The second-order valence-corrected chi connectivity index (χ2v) is 14.0. The minimum atomic E-state index is -1.11. The third kappa shape index (κ3) is 7.36. The van der Waals surface area contributed by atoms with Crippen molar-refractivity contribution in [2.75, 3.05) is 0 Å². The van der Waals surface area contributed by atoms with Crippen molar-refractivity contribution in [3.05, 3.63) is 162 Å². The molecule has 2 unspecified atom stereocenters. The van der Waals surface area contributed by atoms with Crippen molar-refractivity contribution in [1.29, 1.82) is 15.8 Å². The lowest BCUT2D eigenvalue weighted by Crippen LogP contribution is -2.32. The second-order valence-electron chi connectivity index (χ2n) is 14.0. The Morgan fingerprint density at radius 1 is 0.860 bits per heavy atom. The fourth-order valence-electron chi connectivity index (χ4n) is 9.14. The number of hydrogen-bond donors (Lipinski definition) is 0. The van der Waals surface area contributed by atoms with Crippen LogP contribution in [0.3, 0.4) is 0 Å². The molecule has 4 bridgehead atoms. The Morgan fingerprint density at radius 3 is 2.10 bits per heavy atom. The smallest absolute Gasteiger partial charge is 0.227 e. The molecule has 4 nitrogen and oxygen atoms in total. The first-order chi connectivity index (χ1) is 24.5. The first-order valence-corrected chi connectivity index (χ1v) is 17.6. The van der Waals surface area contributed by atoms with Gasteiger partial charge in [-0.25, -0.2) is 10.1 Å². The summed E-state index contributed by atoms with van der Waals surface area (Å²) in [6, 6.07) is 27.1. The molecule has 248 valence electrons. The molecule has 3 saturated carbocycles. The van der Waals surface area contributed by atoms with Crippen LogP contribution in [-0.2, 0) is 0 Å². The van der Waals surface area contributed by atoms with Crippen LogP contribution >= 0.6 is 0 Å². The molecule has 0 amide bonds. The highest BCUT2D eigenvalue weighted by molar-refractivity contribution is 5.50. The first kappa shape index (κ1) is 35.7. The molecular weight excluding hydrogens is 609 g/mol. The van der Waals surface area contributed by atoms with Gasteiger partial charge in [-0.2, -0.15) is 10.5 Å². The van der Waals surface area contributed by atoms with E-state index in [9.17, 15) is 15.8 Å². The average molecular weight is 653 g/mol. The Morgan fingerprint density at radius 2 is 1.48 bits per heavy atom. The Hall–Kier alpha value is -5.60. The van der Waals surface area contributed by atoms with E-state index in [2.05, 4.69) is 72.5 Å². The molecule has 0 spiro atoms. The summed E-state index contributed by atoms with van der Waals surface area (Å²) in [6.45, 7) is 19.1. The summed E-state index contributed by atoms with van der Waals surface area (Å²) >= 11 is 0. The van der Waals surface area contributed by atoms with E-state index < -0.39 is 5.41 Å². The fourth-order valence-corrected chi connectivity index (χ4v) is 9.14. The highest BCUT2D eigenvalue weighted by Gasteiger charge is 2.48. The maximum Gasteiger partial charge on any atom is 0.262 e. The number of fused-ring (bicyclic) bond motifs is 4. The van der Waals surface area contributed by atoms with Crippen molar-refractivity contribution in [3.63, 3.8) is 0 Å². The molecule has 2 aromatic carbocycles. The van der Waals surface area contributed by atoms with Crippen molar-refractivity contribution in [2.45, 2.75) is 50.9 Å². The van der Waals surface area contributed by atoms with Crippen LogP contribution in [0.1, 0.15) is 62.0 Å². The van der Waals surface area contributed by atoms with Crippen molar-refractivity contribution >= 4 is 6.08 Å². The van der Waals surface area contributed by atoms with Crippen LogP contribution in [0.2, 0.25) is 0 Å². The molecule has 4 aliphatic rings. The zero-order chi connectivity index (χ0) is 35.5. The zero-order valence-corrected chi connectivity index (χ0v) is 28.7. The minimum Gasteiger partial charge on any atom is -0.227 e. The van der Waals surface area contributed by atoms with E-state index in [4.69, 9.17) is 6.57 Å². The van der Waals surface area contributed by atoms with Crippen LogP contribution in [-0.4, -0.2) is 0 Å². The topological polar surface area (TPSA) is 75.7 Å². The maximum atomic E-state index is 9.91. The highest BCUT2D eigenvalue weighted by Crippen LogP contribution is 2.57. The fraction of sp³-hybridized carbons (Fsp3) is 0.348. The molecule has 0 aliphatic heterocycles. The van der Waals surface area contributed by atoms with Crippen LogP contribution in [0.25, 0.3) is 10.9 Å². The quantitative estimate of drug-likeness (QED) is 0.117. The van der Waals surface area contributed by atoms with Crippen LogP contribution < -0.4 is 0 Å². The van der Waals surface area contributed by atoms with E-state index in [1.807, 2.05) is 78.9 Å². The Kier molecular flexibility index (Phi) is 11.9. The van der Waals surface area contributed by atoms with Crippen LogP contribution in [0.4, 0.5) is 0 Å². The van der Waals surface area contributed by atoms with Gasteiger partial charge in [-0.3, -0.25) is 0 Å². The van der Waals surface area contributed by atoms with Crippen LogP contribution in [0, 0.1) is 87.4 Å². The Labute approximate surface area is 298 Å². The summed E-state index contributed by atoms with van der Waals surface area (Å²) in [7, 11) is 0. The van der Waals surface area contributed by atoms with Gasteiger partial charge in [0.1, 0.15) is 0 Å². The normalized spacial score (nSPS) is 27.6. The number of benzene rings is 2. The molecule has 0 aromatic heterocycles. The van der Waals surface area contributed by atoms with E-state index in [0.717, 1.165) is 55.2 Å². The van der Waals surface area contributed by atoms with Crippen molar-refractivity contribution in [1.82, 2.24) is 0 Å². The zero-order valence-electron chi connectivity index (χ0n) is 28.7. The summed E-state index contributed by atoms with van der Waals surface area (Å²) in [5.41, 5.74) is 9.20. The van der Waals surface area contributed by atoms with Gasteiger partial charge in [-0.15, -0.1) is 18.0 Å². The molecule has 4 aliphatic carbocycles. The molecular formula is C46H44N4. The van der Waals surface area contributed by atoms with E-state index in [1.54, 1.807) is 0 Å². The molecule has 50 heavy (non-hydrogen) atoms. The Bertz CT molecular complexity index is 1870. The molecule has 6 rings (SSSR count). The van der Waals surface area contributed by atoms with Crippen LogP contribution in [0.15, 0.2) is 139 Å². The molecule has 0 radical (unpaired) electrons. The van der Waals surface area contributed by atoms with Gasteiger partial charge >= 0.3 is 0 Å². The van der Waals surface area contributed by atoms with Gasteiger partial charge in [0.15, 0.2) is 5.41 Å². The van der Waals surface area contributed by atoms with Gasteiger partial charge in [0.2, 0.25) is 0 Å². The first-order valence-electron chi connectivity index (χ1n) is 17.6. The molecule has 0 saturated heterocycles. The van der Waals surface area contributed by atoms with Crippen molar-refractivity contribution in [2.24, 2.45) is 46.8 Å². The summed E-state index contributed by atoms with van der Waals surface area (Å²) in [5, 5.41) is 29.4. The van der Waals surface area contributed by atoms with Gasteiger partial charge < -0.3 is 0 Å². The van der Waals surface area contributed by atoms with Gasteiger partial charge in [0, 0.05) is 24.2 Å². The molecule has 0 N–H and O–H groups in total. The van der Waals surface area contributed by atoms with Gasteiger partial charge in [0.25, 0.3) is 5.70 Å². The number of hydrogen-bond acceptors (Lipinski definition) is 3. The predicted molar refractivity (Wildman–Crippen MR) is 200 cm³/mol. The lowest BCUT2D eigenvalue weighted by Gasteiger charge is -2.41. The van der Waals surface area contributed by atoms with Gasteiger partial charge in [-0.05, 0) is 103 Å². The number of rotatable bonds is 9. The number of nitrogens with zero attached hydrogens (tertiary/aromatic N) is 4. The maximum absolute atomic E-state index is 9.91. The largest absolute Gasteiger partial charge is 0.262 e. The number of nitriles is 3. The standard InChI is InChI=1S/2C23H22N2/c1-4-9-20-17-12-13-18(14-17)22(23(20)21(15-24)25-3)19(5-2)16-10-7-6-8-11-16;1-2-7-21-20-12-11-19(14-20)15-22(21)23(16-24,17-25)13-6-10-18-8-4-3-5-9-18/h5-11,17-20,22H,1-2,12-14H2;3-10,15,19-21H,1,11-14H2/b23-21-;10-6+/t17?,18-,19-,20-,22-;19-,20?,21-/m00/s1. The lowest BCUT2D eigenvalue weighted by atomic mass is 9.63. The van der Waals surface area contributed by atoms with Crippen molar-refractivity contribution < 1.29 is 0 Å². The molecule has 2 aromatic rings. The Balaban J connectivity index is 0.000000194. The highest BCUT2D eigenvalue weighted by atomic mass is 14.7. The second kappa shape index (κ2) is 16.7. The predicted octanol–water partition coefficient (Wildman–Crippen LogP) is 11.1. The minimum absolute atomic E-state index is 0.0937.